The van der Waals surface area contributed by atoms with Crippen LogP contribution in [0.4, 0.5) is 0 Å². The molecule has 1 saturated heterocycles. The summed E-state index contributed by atoms with van der Waals surface area (Å²) in [7, 11) is -1.20. The number of rotatable bonds is 1. The van der Waals surface area contributed by atoms with Crippen LogP contribution in [0, 0.1) is 11.3 Å². The molecule has 2 aliphatic carbocycles. The molecule has 1 nitrogen and oxygen atoms in total. The number of aliphatic hydroxyl groups is 1. The molecule has 1 N–H and O–H groups in total. The average Bonchev–Trinajstić information content (AvgIpc) is 2.58. The van der Waals surface area contributed by atoms with E-state index in [9.17, 15) is 5.11 Å². The summed E-state index contributed by atoms with van der Waals surface area (Å²) in [6, 6.07) is 0. The van der Waals surface area contributed by atoms with Crippen LogP contribution in [-0.4, -0.2) is 35.4 Å². The van der Waals surface area contributed by atoms with E-state index in [1.54, 1.807) is 5.57 Å². The summed E-state index contributed by atoms with van der Waals surface area (Å²) >= 11 is 0. The Labute approximate surface area is 144 Å². The zero-order valence-electron chi connectivity index (χ0n) is 16.0. The number of hydrogen-bond donors (Lipinski definition) is 1. The minimum atomic E-state index is -1.20. The molecule has 4 unspecified atom stereocenters. The minimum absolute atomic E-state index is 0.0828. The van der Waals surface area contributed by atoms with Crippen LogP contribution in [0.25, 0.3) is 0 Å². The second-order valence-electron chi connectivity index (χ2n) is 9.70. The van der Waals surface area contributed by atoms with Gasteiger partial charge in [0.05, 0.1) is 0 Å². The van der Waals surface area contributed by atoms with Gasteiger partial charge in [0.15, 0.2) is 0 Å². The van der Waals surface area contributed by atoms with Gasteiger partial charge in [-0.2, -0.15) is 0 Å². The van der Waals surface area contributed by atoms with Gasteiger partial charge in [-0.25, -0.2) is 0 Å². The first-order chi connectivity index (χ1) is 10.8. The van der Waals surface area contributed by atoms with Gasteiger partial charge < -0.3 is 0 Å². The second kappa shape index (κ2) is 6.45. The Morgan fingerprint density at radius 1 is 1.17 bits per heavy atom. The van der Waals surface area contributed by atoms with E-state index in [1.165, 1.54) is 57.3 Å². The molecule has 134 valence electrons. The van der Waals surface area contributed by atoms with Gasteiger partial charge in [0.1, 0.15) is 0 Å². The molecule has 2 heteroatoms. The van der Waals surface area contributed by atoms with E-state index in [0.29, 0.717) is 10.6 Å². The number of aliphatic hydroxyl groups excluding tert-OH is 1. The topological polar surface area (TPSA) is 20.2 Å². The molecular formula is C21H39OP. The maximum absolute atomic E-state index is 10.3. The second-order valence-corrected chi connectivity index (χ2v) is 15.2. The van der Waals surface area contributed by atoms with Crippen molar-refractivity contribution in [2.24, 2.45) is 11.3 Å². The van der Waals surface area contributed by atoms with Gasteiger partial charge in [-0.15, -0.1) is 0 Å². The first-order valence-electron chi connectivity index (χ1n) is 10.2. The Bertz CT molecular complexity index is 472. The summed E-state index contributed by atoms with van der Waals surface area (Å²) in [6.45, 7) is 10.3. The molecule has 0 amide bonds. The summed E-state index contributed by atoms with van der Waals surface area (Å²) in [5, 5.41) is 10.8. The zero-order chi connectivity index (χ0) is 16.7. The van der Waals surface area contributed by atoms with Crippen molar-refractivity contribution in [3.05, 3.63) is 11.6 Å². The third kappa shape index (κ3) is 3.06. The number of allylic oxidation sites excluding steroid dienone is 1. The Morgan fingerprint density at radius 2 is 1.96 bits per heavy atom. The molecule has 0 aromatic heterocycles. The first-order valence-corrected chi connectivity index (χ1v) is 13.1. The van der Waals surface area contributed by atoms with Gasteiger partial charge in [0.25, 0.3) is 0 Å². The number of fused-ring (bicyclic) bond motifs is 5. The summed E-state index contributed by atoms with van der Waals surface area (Å²) in [4.78, 5) is 0. The van der Waals surface area contributed by atoms with Crippen LogP contribution in [0.15, 0.2) is 11.6 Å². The molecule has 1 aliphatic heterocycles. The van der Waals surface area contributed by atoms with Gasteiger partial charge in [-0.1, -0.05) is 0 Å². The van der Waals surface area contributed by atoms with Crippen LogP contribution >= 0.6 is 7.26 Å². The van der Waals surface area contributed by atoms with E-state index < -0.39 is 7.26 Å². The van der Waals surface area contributed by atoms with Crippen molar-refractivity contribution in [1.82, 2.24) is 0 Å². The van der Waals surface area contributed by atoms with Crippen molar-refractivity contribution >= 4 is 7.26 Å². The fourth-order valence-electron chi connectivity index (χ4n) is 6.08. The maximum atomic E-state index is 10.3. The summed E-state index contributed by atoms with van der Waals surface area (Å²) in [6.07, 6.45) is 17.2. The summed E-state index contributed by atoms with van der Waals surface area (Å²) < 4.78 is 0. The van der Waals surface area contributed by atoms with Crippen LogP contribution in [0.2, 0.25) is 0 Å². The fraction of sp³-hybridized carbons (Fsp3) is 0.905. The van der Waals surface area contributed by atoms with Crippen LogP contribution in [0.5, 0.6) is 0 Å². The molecule has 0 aromatic rings. The average molecular weight is 339 g/mol. The molecule has 0 aromatic carbocycles. The molecule has 1 saturated carbocycles. The fourth-order valence-corrected chi connectivity index (χ4v) is 10.3. The van der Waals surface area contributed by atoms with Gasteiger partial charge in [0, 0.05) is 0 Å². The van der Waals surface area contributed by atoms with Crippen molar-refractivity contribution in [3.63, 3.8) is 0 Å². The third-order valence-corrected chi connectivity index (χ3v) is 15.1. The SMILES string of the molecule is CC[PH]1(C)CCCCC2CCC1(C)C/C=C1/CC(O)CCC12C. The molecule has 4 atom stereocenters. The normalized spacial score (nSPS) is 47.8. The predicted molar refractivity (Wildman–Crippen MR) is 105 cm³/mol. The van der Waals surface area contributed by atoms with Crippen molar-refractivity contribution in [2.75, 3.05) is 19.0 Å². The van der Waals surface area contributed by atoms with Gasteiger partial charge in [-0.05, 0) is 0 Å². The Hall–Kier alpha value is 0.130. The van der Waals surface area contributed by atoms with Crippen molar-refractivity contribution in [2.45, 2.75) is 89.8 Å². The molecule has 0 spiro atoms. The molecule has 2 fully saturated rings. The molecule has 0 radical (unpaired) electrons. The predicted octanol–water partition coefficient (Wildman–Crippen LogP) is 5.61. The molecule has 23 heavy (non-hydrogen) atoms. The summed E-state index contributed by atoms with van der Waals surface area (Å²) in [5.74, 6) is 0.856. The Kier molecular flexibility index (Phi) is 5.03. The Morgan fingerprint density at radius 3 is 2.70 bits per heavy atom. The molecule has 3 aliphatic rings. The van der Waals surface area contributed by atoms with E-state index in [0.717, 1.165) is 18.8 Å². The van der Waals surface area contributed by atoms with E-state index in [-0.39, 0.29) is 6.10 Å². The third-order valence-electron chi connectivity index (χ3n) is 8.70. The summed E-state index contributed by atoms with van der Waals surface area (Å²) in [5.41, 5.74) is 2.01. The van der Waals surface area contributed by atoms with Gasteiger partial charge in [0.2, 0.25) is 0 Å². The molecule has 1 heterocycles. The van der Waals surface area contributed by atoms with Crippen molar-refractivity contribution in [3.8, 4) is 0 Å². The van der Waals surface area contributed by atoms with Crippen LogP contribution < -0.4 is 0 Å². The molecule has 3 rings (SSSR count). The van der Waals surface area contributed by atoms with Crippen molar-refractivity contribution in [1.29, 1.82) is 0 Å². The van der Waals surface area contributed by atoms with Crippen LogP contribution in [0.1, 0.15) is 78.6 Å². The van der Waals surface area contributed by atoms with Crippen LogP contribution in [-0.2, 0) is 0 Å². The number of hydrogen-bond acceptors (Lipinski definition) is 1. The Balaban J connectivity index is 2.02. The zero-order valence-corrected chi connectivity index (χ0v) is 17.0. The quantitative estimate of drug-likeness (QED) is 0.487. The van der Waals surface area contributed by atoms with E-state index >= 15 is 0 Å². The standard InChI is InChI=1S/C21H39OP/c1-5-23(4)15-7-6-8-17-9-12-20(23,2)13-10-18-16-19(22)11-14-21(17,18)3/h10,17,19,22-23H,5-9,11-16H2,1-4H3/b18-10-. The van der Waals surface area contributed by atoms with Crippen molar-refractivity contribution < 1.29 is 5.11 Å². The van der Waals surface area contributed by atoms with E-state index in [4.69, 9.17) is 0 Å². The molecule has 2 bridgehead atoms. The van der Waals surface area contributed by atoms with E-state index in [2.05, 4.69) is 33.5 Å². The monoisotopic (exact) mass is 338 g/mol. The van der Waals surface area contributed by atoms with Gasteiger partial charge >= 0.3 is 144 Å². The first kappa shape index (κ1) is 17.9. The van der Waals surface area contributed by atoms with Crippen LogP contribution in [0.3, 0.4) is 0 Å². The van der Waals surface area contributed by atoms with E-state index in [1.807, 2.05) is 0 Å². The molecular weight excluding hydrogens is 299 g/mol. The van der Waals surface area contributed by atoms with Gasteiger partial charge in [-0.3, -0.25) is 0 Å².